The predicted octanol–water partition coefficient (Wildman–Crippen LogP) is 9.56. The van der Waals surface area contributed by atoms with Crippen molar-refractivity contribution in [2.24, 2.45) is 0 Å². The molecule has 42 heavy (non-hydrogen) atoms. The molecule has 0 unspecified atom stereocenters. The van der Waals surface area contributed by atoms with Gasteiger partial charge in [0.25, 0.3) is 0 Å². The van der Waals surface area contributed by atoms with Crippen LogP contribution < -0.4 is 11.5 Å². The fourth-order valence-corrected chi connectivity index (χ4v) is 7.28. The molecule has 0 saturated heterocycles. The average molecular weight is 584 g/mol. The van der Waals surface area contributed by atoms with Crippen molar-refractivity contribution in [1.82, 2.24) is 0 Å². The van der Waals surface area contributed by atoms with Crippen molar-refractivity contribution in [2.45, 2.75) is 9.75 Å². The van der Waals surface area contributed by atoms with Crippen LogP contribution >= 0.6 is 23.2 Å². The Labute approximate surface area is 256 Å². The summed E-state index contributed by atoms with van der Waals surface area (Å²) in [7, 11) is 0. The van der Waals surface area contributed by atoms with Crippen molar-refractivity contribution in [1.29, 1.82) is 0 Å². The Balaban J connectivity index is 0.000000162. The van der Waals surface area contributed by atoms with E-state index in [4.69, 9.17) is 34.7 Å². The van der Waals surface area contributed by atoms with Gasteiger partial charge in [0.1, 0.15) is 0 Å². The lowest BCUT2D eigenvalue weighted by Gasteiger charge is -2.34. The number of nitrogen functional groups attached to an aromatic ring is 2. The van der Waals surface area contributed by atoms with E-state index in [0.29, 0.717) is 0 Å². The Morgan fingerprint density at radius 2 is 0.643 bits per heavy atom. The van der Waals surface area contributed by atoms with Crippen LogP contribution in [-0.4, -0.2) is 0 Å². The molecular weight excluding hydrogens is 555 g/mol. The highest BCUT2D eigenvalue weighted by Gasteiger charge is 2.45. The summed E-state index contributed by atoms with van der Waals surface area (Å²) in [4.78, 5) is 0. The number of rotatable bonds is 2. The third-order valence-corrected chi connectivity index (χ3v) is 9.27. The molecule has 0 radical (unpaired) electrons. The standard InChI is InChI=1S/C25H20N2.C13H8Cl2/c26-19-13-9-17(10-14-19)25(18-11-15-20(27)16-12-18)23-7-3-1-5-21(23)22-6-2-4-8-24(22)25;14-13(15)11-7-3-1-5-9(11)10-6-2-4-8-12(10)13/h1-16H,26-27H2;1-8H. The van der Waals surface area contributed by atoms with Crippen molar-refractivity contribution >= 4 is 34.6 Å². The SMILES string of the molecule is ClC1(Cl)c2ccccc2-c2ccccc21.Nc1ccc(C2(c3ccc(N)cc3)c3ccccc3-c3ccccc32)cc1. The van der Waals surface area contributed by atoms with E-state index in [1.54, 1.807) is 0 Å². The highest BCUT2D eigenvalue weighted by Crippen LogP contribution is 2.56. The van der Waals surface area contributed by atoms with E-state index < -0.39 is 4.33 Å². The molecule has 4 N–H and O–H groups in total. The van der Waals surface area contributed by atoms with E-state index in [2.05, 4.69) is 84.9 Å². The summed E-state index contributed by atoms with van der Waals surface area (Å²) in [6, 6.07) is 49.9. The van der Waals surface area contributed by atoms with Crippen LogP contribution in [0.1, 0.15) is 33.4 Å². The van der Waals surface area contributed by atoms with Crippen LogP contribution in [0.25, 0.3) is 22.3 Å². The zero-order valence-electron chi connectivity index (χ0n) is 22.8. The molecule has 0 atom stereocenters. The number of hydrogen-bond acceptors (Lipinski definition) is 2. The molecule has 0 aromatic heterocycles. The average Bonchev–Trinajstić information content (AvgIpc) is 3.46. The summed E-state index contributed by atoms with van der Waals surface area (Å²) >= 11 is 12.8. The second-order valence-corrected chi connectivity index (χ2v) is 12.1. The molecule has 0 amide bonds. The number of alkyl halides is 2. The molecule has 204 valence electrons. The van der Waals surface area contributed by atoms with E-state index >= 15 is 0 Å². The number of nitrogens with two attached hydrogens (primary N) is 2. The van der Waals surface area contributed by atoms with E-state index in [9.17, 15) is 0 Å². The molecule has 2 nitrogen and oxygen atoms in total. The Bertz CT molecular complexity index is 1780. The molecule has 0 saturated carbocycles. The lowest BCUT2D eigenvalue weighted by molar-refractivity contribution is 0.769. The topological polar surface area (TPSA) is 52.0 Å². The van der Waals surface area contributed by atoms with Gasteiger partial charge in [0.05, 0.1) is 5.41 Å². The molecule has 2 aliphatic carbocycles. The Kier molecular flexibility index (Phi) is 6.35. The van der Waals surface area contributed by atoms with Crippen molar-refractivity contribution in [2.75, 3.05) is 11.5 Å². The first-order valence-electron chi connectivity index (χ1n) is 13.9. The van der Waals surface area contributed by atoms with Crippen molar-refractivity contribution in [3.63, 3.8) is 0 Å². The molecule has 0 bridgehead atoms. The predicted molar refractivity (Wildman–Crippen MR) is 177 cm³/mol. The summed E-state index contributed by atoms with van der Waals surface area (Å²) in [5.41, 5.74) is 25.0. The number of halogens is 2. The Morgan fingerprint density at radius 3 is 1.00 bits per heavy atom. The second-order valence-electron chi connectivity index (χ2n) is 10.8. The smallest absolute Gasteiger partial charge is 0.169 e. The third kappa shape index (κ3) is 3.94. The van der Waals surface area contributed by atoms with Crippen LogP contribution in [0, 0.1) is 0 Å². The van der Waals surface area contributed by atoms with Gasteiger partial charge in [0, 0.05) is 22.5 Å². The van der Waals surface area contributed by atoms with Gasteiger partial charge in [-0.15, -0.1) is 0 Å². The maximum atomic E-state index is 6.39. The molecule has 6 aromatic rings. The third-order valence-electron chi connectivity index (χ3n) is 8.46. The molecule has 0 heterocycles. The summed E-state index contributed by atoms with van der Waals surface area (Å²) in [6.45, 7) is 0. The van der Waals surface area contributed by atoms with E-state index in [1.807, 2.05) is 60.7 Å². The highest BCUT2D eigenvalue weighted by molar-refractivity contribution is 6.51. The molecule has 0 aliphatic heterocycles. The molecule has 2 aliphatic rings. The van der Waals surface area contributed by atoms with Gasteiger partial charge in [-0.3, -0.25) is 0 Å². The maximum absolute atomic E-state index is 6.39. The van der Waals surface area contributed by atoms with Crippen LogP contribution in [0.3, 0.4) is 0 Å². The van der Waals surface area contributed by atoms with Crippen LogP contribution in [-0.2, 0) is 9.75 Å². The molecule has 6 aromatic carbocycles. The molecule has 0 fully saturated rings. The first-order valence-corrected chi connectivity index (χ1v) is 14.7. The van der Waals surface area contributed by atoms with Crippen LogP contribution in [0.4, 0.5) is 11.4 Å². The van der Waals surface area contributed by atoms with Crippen molar-refractivity contribution in [3.8, 4) is 22.3 Å². The number of benzene rings is 6. The summed E-state index contributed by atoms with van der Waals surface area (Å²) in [5, 5.41) is 0. The minimum atomic E-state index is -0.896. The summed E-state index contributed by atoms with van der Waals surface area (Å²) in [6.07, 6.45) is 0. The van der Waals surface area contributed by atoms with Crippen molar-refractivity contribution in [3.05, 3.63) is 179 Å². The summed E-state index contributed by atoms with van der Waals surface area (Å²) in [5.74, 6) is 0. The normalized spacial score (nSPS) is 14.5. The van der Waals surface area contributed by atoms with Gasteiger partial charge < -0.3 is 11.5 Å². The van der Waals surface area contributed by atoms with E-state index in [1.165, 1.54) is 33.4 Å². The lowest BCUT2D eigenvalue weighted by Crippen LogP contribution is -2.28. The fraction of sp³-hybridized carbons (Fsp3) is 0.0526. The quantitative estimate of drug-likeness (QED) is 0.157. The van der Waals surface area contributed by atoms with Gasteiger partial charge in [0.2, 0.25) is 0 Å². The van der Waals surface area contributed by atoms with Crippen LogP contribution in [0.5, 0.6) is 0 Å². The lowest BCUT2D eigenvalue weighted by atomic mass is 9.67. The number of anilines is 2. The van der Waals surface area contributed by atoms with Gasteiger partial charge in [0.15, 0.2) is 4.33 Å². The van der Waals surface area contributed by atoms with Gasteiger partial charge in [-0.2, -0.15) is 0 Å². The van der Waals surface area contributed by atoms with Crippen molar-refractivity contribution < 1.29 is 0 Å². The first kappa shape index (κ1) is 26.4. The molecule has 8 rings (SSSR count). The monoisotopic (exact) mass is 582 g/mol. The minimum Gasteiger partial charge on any atom is -0.399 e. The Hall–Kier alpha value is -4.50. The molecule has 4 heteroatoms. The van der Waals surface area contributed by atoms with Gasteiger partial charge in [-0.1, -0.05) is 145 Å². The van der Waals surface area contributed by atoms with E-state index in [-0.39, 0.29) is 5.41 Å². The largest absolute Gasteiger partial charge is 0.399 e. The zero-order chi connectivity index (χ0) is 28.9. The van der Waals surface area contributed by atoms with Crippen LogP contribution in [0.2, 0.25) is 0 Å². The minimum absolute atomic E-state index is 0.380. The highest BCUT2D eigenvalue weighted by atomic mass is 35.5. The number of fused-ring (bicyclic) bond motifs is 6. The first-order chi connectivity index (χ1) is 20.4. The van der Waals surface area contributed by atoms with Gasteiger partial charge in [-0.05, 0) is 68.8 Å². The molecular formula is C38H28Cl2N2. The zero-order valence-corrected chi connectivity index (χ0v) is 24.3. The fourth-order valence-electron chi connectivity index (χ4n) is 6.62. The van der Waals surface area contributed by atoms with Gasteiger partial charge >= 0.3 is 0 Å². The maximum Gasteiger partial charge on any atom is 0.169 e. The van der Waals surface area contributed by atoms with Crippen LogP contribution in [0.15, 0.2) is 146 Å². The van der Waals surface area contributed by atoms with E-state index in [0.717, 1.165) is 33.6 Å². The second kappa shape index (κ2) is 10.1. The Morgan fingerprint density at radius 1 is 0.357 bits per heavy atom. The molecule has 0 spiro atoms. The van der Waals surface area contributed by atoms with Gasteiger partial charge in [-0.25, -0.2) is 0 Å². The number of hydrogen-bond donors (Lipinski definition) is 2. The summed E-state index contributed by atoms with van der Waals surface area (Å²) < 4.78 is -0.896.